The molecule has 3 N–H and O–H groups in total. The molecular weight excluding hydrogens is 418 g/mol. The number of likely N-dealkylation sites (tertiary alicyclic amines) is 1. The number of hydrogen-bond acceptors (Lipinski definition) is 9. The van der Waals surface area contributed by atoms with E-state index in [2.05, 4.69) is 15.4 Å². The third kappa shape index (κ3) is 3.73. The van der Waals surface area contributed by atoms with Crippen molar-refractivity contribution in [1.29, 1.82) is 0 Å². The Bertz CT molecular complexity index is 1080. The van der Waals surface area contributed by atoms with Crippen LogP contribution in [0.2, 0.25) is 0 Å². The molecule has 0 spiro atoms. The summed E-state index contributed by atoms with van der Waals surface area (Å²) in [6, 6.07) is 3.71. The van der Waals surface area contributed by atoms with E-state index in [0.29, 0.717) is 28.3 Å². The molecular formula is C20H25N7O3S. The van der Waals surface area contributed by atoms with Crippen molar-refractivity contribution in [3.63, 3.8) is 0 Å². The molecule has 0 aliphatic carbocycles. The van der Waals surface area contributed by atoms with Gasteiger partial charge in [0.25, 0.3) is 5.91 Å². The average Bonchev–Trinajstić information content (AvgIpc) is 3.58. The second-order valence-electron chi connectivity index (χ2n) is 7.90. The fourth-order valence-corrected chi connectivity index (χ4v) is 5.16. The zero-order chi connectivity index (χ0) is 21.4. The van der Waals surface area contributed by atoms with E-state index in [0.717, 1.165) is 37.7 Å². The van der Waals surface area contributed by atoms with Crippen molar-refractivity contribution < 1.29 is 15.0 Å². The van der Waals surface area contributed by atoms with Crippen LogP contribution in [0.15, 0.2) is 24.5 Å². The van der Waals surface area contributed by atoms with Crippen LogP contribution in [0.4, 0.5) is 16.9 Å². The highest BCUT2D eigenvalue weighted by molar-refractivity contribution is 7.17. The fraction of sp³-hybridized carbons (Fsp3) is 0.500. The number of thiazole rings is 1. The molecule has 164 valence electrons. The zero-order valence-electron chi connectivity index (χ0n) is 17.0. The van der Waals surface area contributed by atoms with Gasteiger partial charge in [-0.3, -0.25) is 4.79 Å². The predicted molar refractivity (Wildman–Crippen MR) is 117 cm³/mol. The Kier molecular flexibility index (Phi) is 5.47. The molecule has 2 aliphatic rings. The van der Waals surface area contributed by atoms with E-state index in [1.54, 1.807) is 15.6 Å². The summed E-state index contributed by atoms with van der Waals surface area (Å²) in [5, 5.41) is 27.6. The van der Waals surface area contributed by atoms with Crippen LogP contribution in [-0.2, 0) is 0 Å². The van der Waals surface area contributed by atoms with Gasteiger partial charge in [-0.1, -0.05) is 11.3 Å². The zero-order valence-corrected chi connectivity index (χ0v) is 17.8. The first-order valence-corrected chi connectivity index (χ1v) is 11.4. The average molecular weight is 444 g/mol. The van der Waals surface area contributed by atoms with Gasteiger partial charge < -0.3 is 25.3 Å². The Labute approximate surface area is 183 Å². The highest BCUT2D eigenvalue weighted by Gasteiger charge is 2.30. The molecule has 0 saturated carbocycles. The predicted octanol–water partition coefficient (Wildman–Crippen LogP) is 1.49. The maximum atomic E-state index is 12.8. The molecule has 0 bridgehead atoms. The fourth-order valence-electron chi connectivity index (χ4n) is 4.39. The molecule has 11 heteroatoms. The van der Waals surface area contributed by atoms with Gasteiger partial charge in [0.1, 0.15) is 10.4 Å². The molecule has 2 saturated heterocycles. The summed E-state index contributed by atoms with van der Waals surface area (Å²) >= 11 is 1.27. The molecule has 0 radical (unpaired) electrons. The van der Waals surface area contributed by atoms with Crippen LogP contribution in [0.5, 0.6) is 0 Å². The second kappa shape index (κ2) is 8.40. The molecule has 2 atom stereocenters. The smallest absolute Gasteiger partial charge is 0.265 e. The lowest BCUT2D eigenvalue weighted by Gasteiger charge is -2.23. The van der Waals surface area contributed by atoms with Crippen LogP contribution in [0.1, 0.15) is 35.4 Å². The first-order chi connectivity index (χ1) is 15.2. The van der Waals surface area contributed by atoms with Crippen LogP contribution < -0.4 is 10.2 Å². The summed E-state index contributed by atoms with van der Waals surface area (Å²) in [6.45, 7) is 1.51. The number of aliphatic hydroxyl groups is 2. The van der Waals surface area contributed by atoms with Crippen molar-refractivity contribution in [2.24, 2.45) is 0 Å². The Hall–Kier alpha value is -2.76. The number of anilines is 3. The number of carbonyl (C=O) groups is 1. The normalized spacial score (nSPS) is 21.4. The number of nitrogens with zero attached hydrogens (tertiary/aromatic N) is 6. The van der Waals surface area contributed by atoms with Gasteiger partial charge in [0.15, 0.2) is 10.9 Å². The first-order valence-electron chi connectivity index (χ1n) is 10.6. The van der Waals surface area contributed by atoms with Crippen LogP contribution in [0.3, 0.4) is 0 Å². The van der Waals surface area contributed by atoms with Gasteiger partial charge in [0.05, 0.1) is 31.5 Å². The molecule has 3 aromatic heterocycles. The van der Waals surface area contributed by atoms with E-state index in [4.69, 9.17) is 4.98 Å². The topological polar surface area (TPSA) is 119 Å². The SMILES string of the molecule is O=C(c1cnc(Nc2nc(N3CCCC3CO)nn3cccc23)s1)N1CCCC1CO. The number of aliphatic hydroxyl groups excluding tert-OH is 2. The van der Waals surface area contributed by atoms with Crippen molar-refractivity contribution in [2.45, 2.75) is 37.8 Å². The number of aromatic nitrogens is 4. The highest BCUT2D eigenvalue weighted by atomic mass is 32.1. The molecule has 31 heavy (non-hydrogen) atoms. The lowest BCUT2D eigenvalue weighted by Crippen LogP contribution is -2.37. The summed E-state index contributed by atoms with van der Waals surface area (Å²) in [7, 11) is 0. The Morgan fingerprint density at radius 2 is 2.00 bits per heavy atom. The van der Waals surface area contributed by atoms with Crippen molar-refractivity contribution >= 4 is 39.7 Å². The van der Waals surface area contributed by atoms with Crippen molar-refractivity contribution in [3.05, 3.63) is 29.4 Å². The minimum atomic E-state index is -0.115. The summed E-state index contributed by atoms with van der Waals surface area (Å²) in [5.74, 6) is 1.06. The molecule has 2 fully saturated rings. The summed E-state index contributed by atoms with van der Waals surface area (Å²) in [6.07, 6.45) is 7.06. The van der Waals surface area contributed by atoms with Crippen LogP contribution in [0.25, 0.3) is 5.52 Å². The quantitative estimate of drug-likeness (QED) is 0.524. The van der Waals surface area contributed by atoms with Crippen molar-refractivity contribution in [2.75, 3.05) is 36.5 Å². The van der Waals surface area contributed by atoms with Crippen molar-refractivity contribution in [1.82, 2.24) is 24.5 Å². The number of fused-ring (bicyclic) bond motifs is 1. The van der Waals surface area contributed by atoms with Crippen LogP contribution in [-0.4, -0.2) is 79.0 Å². The van der Waals surface area contributed by atoms with Gasteiger partial charge >= 0.3 is 0 Å². The Morgan fingerprint density at radius 1 is 1.19 bits per heavy atom. The number of hydrogen-bond donors (Lipinski definition) is 3. The number of amides is 1. The minimum absolute atomic E-state index is 0.0170. The minimum Gasteiger partial charge on any atom is -0.394 e. The van der Waals surface area contributed by atoms with Crippen molar-refractivity contribution in [3.8, 4) is 0 Å². The highest BCUT2D eigenvalue weighted by Crippen LogP contribution is 2.29. The van der Waals surface area contributed by atoms with E-state index in [-0.39, 0.29) is 31.2 Å². The van der Waals surface area contributed by atoms with Gasteiger partial charge in [0, 0.05) is 19.3 Å². The lowest BCUT2D eigenvalue weighted by atomic mass is 10.2. The standard InChI is InChI=1S/C20H25N7O3S/c28-11-13-4-1-7-25(13)18(30)16-10-21-20(31-16)23-17-15-6-3-9-27(15)24-19(22-17)26-8-2-5-14(26)12-29/h3,6,9-10,13-14,28-29H,1-2,4-5,7-8,11-12H2,(H,21,22,23,24). The van der Waals surface area contributed by atoms with E-state index >= 15 is 0 Å². The van der Waals surface area contributed by atoms with E-state index in [1.165, 1.54) is 11.3 Å². The number of nitrogens with one attached hydrogen (secondary N) is 1. The Balaban J connectivity index is 1.41. The van der Waals surface area contributed by atoms with Crippen LogP contribution >= 0.6 is 11.3 Å². The number of rotatable bonds is 6. The van der Waals surface area contributed by atoms with Gasteiger partial charge in [-0.25, -0.2) is 9.50 Å². The monoisotopic (exact) mass is 443 g/mol. The molecule has 2 unspecified atom stereocenters. The molecule has 0 aromatic carbocycles. The third-order valence-corrected chi connectivity index (χ3v) is 6.92. The van der Waals surface area contributed by atoms with Gasteiger partial charge in [0.2, 0.25) is 5.95 Å². The van der Waals surface area contributed by atoms with E-state index in [9.17, 15) is 15.0 Å². The Morgan fingerprint density at radius 3 is 2.84 bits per heavy atom. The molecule has 5 rings (SSSR count). The maximum absolute atomic E-state index is 12.8. The number of carbonyl (C=O) groups excluding carboxylic acids is 1. The largest absolute Gasteiger partial charge is 0.394 e. The van der Waals surface area contributed by atoms with Gasteiger partial charge in [-0.15, -0.1) is 5.10 Å². The summed E-state index contributed by atoms with van der Waals surface area (Å²) in [4.78, 5) is 26.2. The molecule has 5 heterocycles. The molecule has 10 nitrogen and oxygen atoms in total. The summed E-state index contributed by atoms with van der Waals surface area (Å²) in [5.41, 5.74) is 0.798. The summed E-state index contributed by atoms with van der Waals surface area (Å²) < 4.78 is 1.76. The third-order valence-electron chi connectivity index (χ3n) is 6.02. The maximum Gasteiger partial charge on any atom is 0.265 e. The van der Waals surface area contributed by atoms with Gasteiger partial charge in [-0.05, 0) is 37.8 Å². The molecule has 1 amide bonds. The second-order valence-corrected chi connectivity index (χ2v) is 8.93. The van der Waals surface area contributed by atoms with E-state index in [1.807, 2.05) is 23.2 Å². The molecule has 2 aliphatic heterocycles. The van der Waals surface area contributed by atoms with E-state index < -0.39 is 0 Å². The molecule has 3 aromatic rings. The van der Waals surface area contributed by atoms with Crippen LogP contribution in [0, 0.1) is 0 Å². The first kappa shape index (κ1) is 20.2. The van der Waals surface area contributed by atoms with Gasteiger partial charge in [-0.2, -0.15) is 4.98 Å². The lowest BCUT2D eigenvalue weighted by molar-refractivity contribution is 0.0682.